The largest absolute Gasteiger partial charge is 0.329 e. The number of H-pyrrole nitrogens is 1. The van der Waals surface area contributed by atoms with Gasteiger partial charge in [0.25, 0.3) is 5.56 Å². The third-order valence-electron chi connectivity index (χ3n) is 3.62. The average molecular weight is 351 g/mol. The summed E-state index contributed by atoms with van der Waals surface area (Å²) in [4.78, 5) is 26.9. The average Bonchev–Trinajstić information content (AvgIpc) is 2.54. The van der Waals surface area contributed by atoms with Crippen molar-refractivity contribution in [2.24, 2.45) is 5.73 Å². The van der Waals surface area contributed by atoms with Crippen LogP contribution in [0.15, 0.2) is 47.4 Å². The number of nitrogens with one attached hydrogen (secondary N) is 1. The highest BCUT2D eigenvalue weighted by Gasteiger charge is 2.22. The molecule has 0 unspecified atom stereocenters. The molecule has 4 nitrogen and oxygen atoms in total. The second kappa shape index (κ2) is 6.90. The van der Waals surface area contributed by atoms with Crippen LogP contribution in [-0.4, -0.2) is 10.8 Å². The highest BCUT2D eigenvalue weighted by Crippen LogP contribution is 2.23. The number of hydrogen-bond acceptors (Lipinski definition) is 3. The van der Waals surface area contributed by atoms with Crippen molar-refractivity contribution in [3.05, 3.63) is 81.3 Å². The molecular weight excluding hydrogens is 338 g/mol. The van der Waals surface area contributed by atoms with Crippen LogP contribution < -0.4 is 11.3 Å². The van der Waals surface area contributed by atoms with E-state index >= 15 is 0 Å². The van der Waals surface area contributed by atoms with Crippen LogP contribution in [0.1, 0.15) is 21.5 Å². The molecule has 24 heavy (non-hydrogen) atoms. The van der Waals surface area contributed by atoms with E-state index in [9.17, 15) is 18.4 Å². The van der Waals surface area contributed by atoms with Crippen LogP contribution in [0.25, 0.3) is 10.8 Å². The standard InChI is InChI=1S/C17H12F2N2O2.ClH/c18-13-6-9(8-20)7-14(19)15(13)16(22)11-2-1-3-12-10(11)4-5-21-17(12)23;/h1-7H,8,20H2,(H,21,23);1H. The third-order valence-corrected chi connectivity index (χ3v) is 3.62. The van der Waals surface area contributed by atoms with Gasteiger partial charge in [0.1, 0.15) is 11.6 Å². The van der Waals surface area contributed by atoms with E-state index in [1.54, 1.807) is 0 Å². The Labute approximate surface area is 141 Å². The van der Waals surface area contributed by atoms with Crippen molar-refractivity contribution in [1.29, 1.82) is 0 Å². The predicted octanol–water partition coefficient (Wildman–Crippen LogP) is 2.92. The lowest BCUT2D eigenvalue weighted by molar-refractivity contribution is 0.103. The summed E-state index contributed by atoms with van der Waals surface area (Å²) in [6, 6.07) is 8.06. The third kappa shape index (κ3) is 2.93. The normalized spacial score (nSPS) is 10.5. The number of benzene rings is 2. The first-order valence-electron chi connectivity index (χ1n) is 6.86. The second-order valence-electron chi connectivity index (χ2n) is 5.04. The molecule has 1 heterocycles. The summed E-state index contributed by atoms with van der Waals surface area (Å²) in [5.74, 6) is -2.77. The van der Waals surface area contributed by atoms with Gasteiger partial charge in [-0.15, -0.1) is 12.4 Å². The molecule has 0 radical (unpaired) electrons. The Bertz CT molecular complexity index is 963. The van der Waals surface area contributed by atoms with Gasteiger partial charge in [-0.25, -0.2) is 8.78 Å². The van der Waals surface area contributed by atoms with Crippen molar-refractivity contribution in [2.45, 2.75) is 6.54 Å². The Kier molecular flexibility index (Phi) is 5.11. The number of halogens is 3. The molecule has 0 amide bonds. The number of nitrogens with two attached hydrogens (primary N) is 1. The van der Waals surface area contributed by atoms with E-state index in [-0.39, 0.29) is 41.0 Å². The highest BCUT2D eigenvalue weighted by atomic mass is 35.5. The predicted molar refractivity (Wildman–Crippen MR) is 89.5 cm³/mol. The van der Waals surface area contributed by atoms with E-state index in [0.717, 1.165) is 12.1 Å². The molecule has 7 heteroatoms. The van der Waals surface area contributed by atoms with Gasteiger partial charge in [0.2, 0.25) is 0 Å². The van der Waals surface area contributed by atoms with Gasteiger partial charge in [-0.1, -0.05) is 12.1 Å². The van der Waals surface area contributed by atoms with Crippen LogP contribution in [-0.2, 0) is 6.54 Å². The fourth-order valence-electron chi connectivity index (χ4n) is 2.51. The molecule has 3 rings (SSSR count). The van der Waals surface area contributed by atoms with E-state index < -0.39 is 23.0 Å². The molecule has 0 aliphatic carbocycles. The summed E-state index contributed by atoms with van der Waals surface area (Å²) in [6.07, 6.45) is 1.38. The summed E-state index contributed by atoms with van der Waals surface area (Å²) in [5, 5.41) is 0.612. The van der Waals surface area contributed by atoms with E-state index in [1.807, 2.05) is 0 Å². The lowest BCUT2D eigenvalue weighted by Gasteiger charge is -2.09. The molecule has 2 aromatic carbocycles. The van der Waals surface area contributed by atoms with Crippen molar-refractivity contribution in [1.82, 2.24) is 4.98 Å². The number of aromatic amines is 1. The molecule has 0 saturated carbocycles. The summed E-state index contributed by atoms with van der Waals surface area (Å²) in [6.45, 7) is -0.0358. The Balaban J connectivity index is 0.00000208. The number of carbonyl (C=O) groups excluding carboxylic acids is 1. The summed E-state index contributed by atoms with van der Waals surface area (Å²) < 4.78 is 28.3. The van der Waals surface area contributed by atoms with E-state index in [2.05, 4.69) is 4.98 Å². The topological polar surface area (TPSA) is 76.0 Å². The molecule has 3 aromatic rings. The van der Waals surface area contributed by atoms with Crippen molar-refractivity contribution >= 4 is 29.0 Å². The van der Waals surface area contributed by atoms with Gasteiger partial charge < -0.3 is 10.7 Å². The Hall–Kier alpha value is -2.57. The van der Waals surface area contributed by atoms with Crippen LogP contribution in [0, 0.1) is 11.6 Å². The van der Waals surface area contributed by atoms with Gasteiger partial charge in [0.15, 0.2) is 5.78 Å². The molecule has 0 bridgehead atoms. The van der Waals surface area contributed by atoms with Gasteiger partial charge in [0.05, 0.1) is 5.56 Å². The number of carbonyl (C=O) groups is 1. The van der Waals surface area contributed by atoms with Crippen molar-refractivity contribution in [3.8, 4) is 0 Å². The zero-order valence-corrected chi connectivity index (χ0v) is 13.1. The molecule has 0 spiro atoms. The minimum atomic E-state index is -0.975. The fourth-order valence-corrected chi connectivity index (χ4v) is 2.51. The van der Waals surface area contributed by atoms with Gasteiger partial charge in [-0.2, -0.15) is 0 Å². The number of fused-ring (bicyclic) bond motifs is 1. The molecular formula is C17H13ClF2N2O2. The van der Waals surface area contributed by atoms with Crippen molar-refractivity contribution in [3.63, 3.8) is 0 Å². The molecule has 0 fully saturated rings. The minimum absolute atomic E-state index is 0. The van der Waals surface area contributed by atoms with Crippen molar-refractivity contribution in [2.75, 3.05) is 0 Å². The van der Waals surface area contributed by atoms with Crippen LogP contribution in [0.4, 0.5) is 8.78 Å². The summed E-state index contributed by atoms with van der Waals surface area (Å²) >= 11 is 0. The number of ketones is 1. The zero-order valence-electron chi connectivity index (χ0n) is 12.3. The molecule has 1 aromatic heterocycles. The van der Waals surface area contributed by atoms with Crippen LogP contribution in [0.3, 0.4) is 0 Å². The maximum absolute atomic E-state index is 14.1. The quantitative estimate of drug-likeness (QED) is 0.713. The van der Waals surface area contributed by atoms with Crippen LogP contribution >= 0.6 is 12.4 Å². The summed E-state index contributed by atoms with van der Waals surface area (Å²) in [5.41, 5.74) is 4.64. The van der Waals surface area contributed by atoms with Gasteiger partial charge in [0, 0.05) is 23.7 Å². The molecule has 0 atom stereocenters. The zero-order chi connectivity index (χ0) is 16.6. The van der Waals surface area contributed by atoms with Gasteiger partial charge in [-0.05, 0) is 35.2 Å². The summed E-state index contributed by atoms with van der Waals surface area (Å²) in [7, 11) is 0. The Morgan fingerprint density at radius 1 is 1.08 bits per heavy atom. The minimum Gasteiger partial charge on any atom is -0.329 e. The Morgan fingerprint density at radius 3 is 2.38 bits per heavy atom. The number of aromatic nitrogens is 1. The smallest absolute Gasteiger partial charge is 0.255 e. The molecule has 0 aliphatic heterocycles. The first-order valence-corrected chi connectivity index (χ1v) is 6.86. The molecule has 0 aliphatic rings. The maximum atomic E-state index is 14.1. The van der Waals surface area contributed by atoms with Crippen LogP contribution in [0.2, 0.25) is 0 Å². The lowest BCUT2D eigenvalue weighted by atomic mass is 9.96. The fraction of sp³-hybridized carbons (Fsp3) is 0.0588. The van der Waals surface area contributed by atoms with E-state index in [0.29, 0.717) is 5.39 Å². The monoisotopic (exact) mass is 350 g/mol. The molecule has 3 N–H and O–H groups in total. The Morgan fingerprint density at radius 2 is 1.75 bits per heavy atom. The van der Waals surface area contributed by atoms with Crippen LogP contribution in [0.5, 0.6) is 0 Å². The highest BCUT2D eigenvalue weighted by molar-refractivity contribution is 6.16. The van der Waals surface area contributed by atoms with E-state index in [1.165, 1.54) is 30.5 Å². The first-order chi connectivity index (χ1) is 11.0. The molecule has 0 saturated heterocycles. The van der Waals surface area contributed by atoms with Crippen molar-refractivity contribution < 1.29 is 13.6 Å². The number of pyridine rings is 1. The lowest BCUT2D eigenvalue weighted by Crippen LogP contribution is -2.12. The maximum Gasteiger partial charge on any atom is 0.255 e. The SMILES string of the molecule is Cl.NCc1cc(F)c(C(=O)c2cccc3c(=O)[nH]ccc23)c(F)c1. The van der Waals surface area contributed by atoms with Gasteiger partial charge >= 0.3 is 0 Å². The number of rotatable bonds is 3. The first kappa shape index (κ1) is 17.8. The van der Waals surface area contributed by atoms with Gasteiger partial charge in [-0.3, -0.25) is 9.59 Å². The van der Waals surface area contributed by atoms with E-state index in [4.69, 9.17) is 5.73 Å². The number of hydrogen-bond donors (Lipinski definition) is 2. The second-order valence-corrected chi connectivity index (χ2v) is 5.04. The molecule has 124 valence electrons.